The van der Waals surface area contributed by atoms with Crippen molar-refractivity contribution in [2.75, 3.05) is 6.61 Å². The molecule has 0 aliphatic heterocycles. The molecule has 0 saturated heterocycles. The first-order valence-electron chi connectivity index (χ1n) is 7.60. The van der Waals surface area contributed by atoms with Gasteiger partial charge in [-0.25, -0.2) is 0 Å². The Bertz CT molecular complexity index is 416. The van der Waals surface area contributed by atoms with E-state index < -0.39 is 11.9 Å². The van der Waals surface area contributed by atoms with E-state index in [2.05, 4.69) is 6.92 Å². The third kappa shape index (κ3) is 4.07. The summed E-state index contributed by atoms with van der Waals surface area (Å²) in [6.45, 7) is 2.50. The maximum Gasteiger partial charge on any atom is 0.313 e. The summed E-state index contributed by atoms with van der Waals surface area (Å²) < 4.78 is 5.91. The Balaban J connectivity index is 1.91. The van der Waals surface area contributed by atoms with Gasteiger partial charge >= 0.3 is 5.97 Å². The molecule has 110 valence electrons. The molecule has 0 aromatic heterocycles. The van der Waals surface area contributed by atoms with Gasteiger partial charge in [-0.05, 0) is 24.3 Å². The highest BCUT2D eigenvalue weighted by atomic mass is 16.5. The second-order valence-electron chi connectivity index (χ2n) is 5.70. The molecule has 3 heteroatoms. The van der Waals surface area contributed by atoms with Gasteiger partial charge in [0.2, 0.25) is 0 Å². The molecule has 1 aliphatic carbocycles. The van der Waals surface area contributed by atoms with Crippen LogP contribution in [0.4, 0.5) is 0 Å². The Labute approximate surface area is 121 Å². The van der Waals surface area contributed by atoms with E-state index in [1.54, 1.807) is 0 Å². The number of ether oxygens (including phenoxy) is 1. The quantitative estimate of drug-likeness (QED) is 0.858. The van der Waals surface area contributed by atoms with Crippen LogP contribution in [0.3, 0.4) is 0 Å². The molecule has 1 aliphatic rings. The number of hydrogen-bond donors (Lipinski definition) is 1. The molecule has 1 fully saturated rings. The number of carboxylic acid groups (broad SMARTS) is 1. The third-order valence-electron chi connectivity index (χ3n) is 4.31. The van der Waals surface area contributed by atoms with Crippen molar-refractivity contribution in [1.82, 2.24) is 0 Å². The predicted molar refractivity (Wildman–Crippen MR) is 78.8 cm³/mol. The highest BCUT2D eigenvalue weighted by Gasteiger charge is 2.25. The molecule has 1 saturated carbocycles. The molecule has 2 rings (SSSR count). The molecule has 0 amide bonds. The molecule has 1 N–H and O–H groups in total. The van der Waals surface area contributed by atoms with Crippen molar-refractivity contribution in [3.63, 3.8) is 0 Å². The van der Waals surface area contributed by atoms with Gasteiger partial charge < -0.3 is 9.84 Å². The monoisotopic (exact) mass is 276 g/mol. The van der Waals surface area contributed by atoms with Gasteiger partial charge in [-0.15, -0.1) is 0 Å². The topological polar surface area (TPSA) is 46.5 Å². The zero-order valence-electron chi connectivity index (χ0n) is 12.1. The van der Waals surface area contributed by atoms with Crippen molar-refractivity contribution in [3.05, 3.63) is 35.9 Å². The largest absolute Gasteiger partial charge is 0.481 e. The van der Waals surface area contributed by atoms with E-state index >= 15 is 0 Å². The molecule has 0 heterocycles. The molecule has 3 nitrogen and oxygen atoms in total. The van der Waals surface area contributed by atoms with Crippen LogP contribution in [0.25, 0.3) is 0 Å². The minimum Gasteiger partial charge on any atom is -0.481 e. The van der Waals surface area contributed by atoms with Gasteiger partial charge in [0.1, 0.15) is 5.92 Å². The van der Waals surface area contributed by atoms with Gasteiger partial charge in [0.05, 0.1) is 12.7 Å². The summed E-state index contributed by atoms with van der Waals surface area (Å²) >= 11 is 0. The van der Waals surface area contributed by atoms with Gasteiger partial charge in [-0.1, -0.05) is 56.5 Å². The average molecular weight is 276 g/mol. The molecule has 0 spiro atoms. The van der Waals surface area contributed by atoms with E-state index in [9.17, 15) is 9.90 Å². The summed E-state index contributed by atoms with van der Waals surface area (Å²) in [4.78, 5) is 11.4. The Morgan fingerprint density at radius 1 is 1.35 bits per heavy atom. The van der Waals surface area contributed by atoms with E-state index in [1.807, 2.05) is 30.3 Å². The molecular weight excluding hydrogens is 252 g/mol. The van der Waals surface area contributed by atoms with Crippen LogP contribution in [0.5, 0.6) is 0 Å². The number of hydrogen-bond acceptors (Lipinski definition) is 2. The Kier molecular flexibility index (Phi) is 5.60. The number of carbonyl (C=O) groups is 1. The standard InChI is InChI=1S/C17H24O3/c1-2-13-7-6-10-15(11-13)20-12-16(17(18)19)14-8-4-3-5-9-14/h3-5,8-9,13,15-16H,2,6-7,10-12H2,1H3,(H,18,19). The number of rotatable bonds is 6. The number of aliphatic carboxylic acids is 1. The van der Waals surface area contributed by atoms with Crippen LogP contribution in [0.15, 0.2) is 30.3 Å². The first-order valence-corrected chi connectivity index (χ1v) is 7.60. The highest BCUT2D eigenvalue weighted by molar-refractivity contribution is 5.76. The van der Waals surface area contributed by atoms with E-state index in [4.69, 9.17) is 4.74 Å². The lowest BCUT2D eigenvalue weighted by molar-refractivity contribution is -0.141. The second-order valence-corrected chi connectivity index (χ2v) is 5.70. The summed E-state index contributed by atoms with van der Waals surface area (Å²) in [6.07, 6.45) is 6.07. The maximum atomic E-state index is 11.4. The molecule has 0 bridgehead atoms. The third-order valence-corrected chi connectivity index (χ3v) is 4.31. The summed E-state index contributed by atoms with van der Waals surface area (Å²) in [5.74, 6) is -0.619. The van der Waals surface area contributed by atoms with Crippen molar-refractivity contribution in [2.24, 2.45) is 5.92 Å². The Morgan fingerprint density at radius 3 is 2.75 bits per heavy atom. The zero-order chi connectivity index (χ0) is 14.4. The fourth-order valence-electron chi connectivity index (χ4n) is 2.99. The van der Waals surface area contributed by atoms with Crippen LogP contribution in [-0.4, -0.2) is 23.8 Å². The molecule has 0 radical (unpaired) electrons. The minimum atomic E-state index is -0.806. The Morgan fingerprint density at radius 2 is 2.10 bits per heavy atom. The van der Waals surface area contributed by atoms with Crippen LogP contribution in [-0.2, 0) is 9.53 Å². The van der Waals surface area contributed by atoms with Gasteiger partial charge in [0.25, 0.3) is 0 Å². The second kappa shape index (κ2) is 7.44. The molecule has 1 aromatic rings. The van der Waals surface area contributed by atoms with Gasteiger partial charge in [-0.2, -0.15) is 0 Å². The van der Waals surface area contributed by atoms with Crippen molar-refractivity contribution in [1.29, 1.82) is 0 Å². The summed E-state index contributed by atoms with van der Waals surface area (Å²) in [7, 11) is 0. The smallest absolute Gasteiger partial charge is 0.313 e. The maximum absolute atomic E-state index is 11.4. The fourth-order valence-corrected chi connectivity index (χ4v) is 2.99. The fraction of sp³-hybridized carbons (Fsp3) is 0.588. The lowest BCUT2D eigenvalue weighted by atomic mass is 9.85. The number of carboxylic acids is 1. The average Bonchev–Trinajstić information content (AvgIpc) is 2.48. The van der Waals surface area contributed by atoms with Crippen molar-refractivity contribution in [3.8, 4) is 0 Å². The minimum absolute atomic E-state index is 0.235. The number of benzene rings is 1. The first-order chi connectivity index (χ1) is 9.70. The molecular formula is C17H24O3. The lowest BCUT2D eigenvalue weighted by Crippen LogP contribution is -2.26. The molecule has 1 aromatic carbocycles. The van der Waals surface area contributed by atoms with E-state index in [-0.39, 0.29) is 12.7 Å². The first kappa shape index (κ1) is 15.0. The normalized spacial score (nSPS) is 24.2. The van der Waals surface area contributed by atoms with E-state index in [0.29, 0.717) is 0 Å². The molecule has 3 atom stereocenters. The van der Waals surface area contributed by atoms with Crippen LogP contribution in [0, 0.1) is 5.92 Å². The van der Waals surface area contributed by atoms with Gasteiger partial charge in [-0.3, -0.25) is 4.79 Å². The summed E-state index contributed by atoms with van der Waals surface area (Å²) in [5, 5.41) is 9.37. The van der Waals surface area contributed by atoms with Crippen molar-refractivity contribution in [2.45, 2.75) is 51.0 Å². The van der Waals surface area contributed by atoms with Crippen molar-refractivity contribution < 1.29 is 14.6 Å². The van der Waals surface area contributed by atoms with Gasteiger partial charge in [0, 0.05) is 0 Å². The summed E-state index contributed by atoms with van der Waals surface area (Å²) in [5.41, 5.74) is 0.822. The Hall–Kier alpha value is -1.35. The van der Waals surface area contributed by atoms with Crippen LogP contribution in [0.2, 0.25) is 0 Å². The van der Waals surface area contributed by atoms with E-state index in [1.165, 1.54) is 19.3 Å². The van der Waals surface area contributed by atoms with Crippen LogP contribution >= 0.6 is 0 Å². The lowest BCUT2D eigenvalue weighted by Gasteiger charge is -2.29. The SMILES string of the molecule is CCC1CCCC(OCC(C(=O)O)c2ccccc2)C1. The molecule has 3 unspecified atom stereocenters. The zero-order valence-corrected chi connectivity index (χ0v) is 12.1. The van der Waals surface area contributed by atoms with Crippen LogP contribution < -0.4 is 0 Å². The molecule has 20 heavy (non-hydrogen) atoms. The highest BCUT2D eigenvalue weighted by Crippen LogP contribution is 2.29. The van der Waals surface area contributed by atoms with E-state index in [0.717, 1.165) is 24.3 Å². The van der Waals surface area contributed by atoms with Crippen molar-refractivity contribution >= 4 is 5.97 Å². The predicted octanol–water partition coefficient (Wildman–Crippen LogP) is 3.84. The van der Waals surface area contributed by atoms with Crippen LogP contribution in [0.1, 0.15) is 50.5 Å². The van der Waals surface area contributed by atoms with Gasteiger partial charge in [0.15, 0.2) is 0 Å². The summed E-state index contributed by atoms with van der Waals surface area (Å²) in [6, 6.07) is 9.37.